The zero-order valence-electron chi connectivity index (χ0n) is 11.2. The number of aromatic nitrogens is 2. The second-order valence-corrected chi connectivity index (χ2v) is 6.28. The van der Waals surface area contributed by atoms with Gasteiger partial charge in [-0.25, -0.2) is 0 Å². The van der Waals surface area contributed by atoms with E-state index in [1.165, 1.54) is 0 Å². The molecule has 0 aliphatic carbocycles. The number of hydrogen-bond acceptors (Lipinski definition) is 2. The third-order valence-corrected chi connectivity index (χ3v) is 4.47. The fourth-order valence-corrected chi connectivity index (χ4v) is 3.20. The van der Waals surface area contributed by atoms with Crippen molar-refractivity contribution in [3.8, 4) is 0 Å². The van der Waals surface area contributed by atoms with Gasteiger partial charge in [0, 0.05) is 23.5 Å². The smallest absolute Gasteiger partial charge is 0.0847 e. The molecule has 1 heterocycles. The minimum Gasteiger partial charge on any atom is -0.321 e. The Morgan fingerprint density at radius 3 is 2.58 bits per heavy atom. The molecule has 0 radical (unpaired) electrons. The molecule has 1 atom stereocenters. The van der Waals surface area contributed by atoms with E-state index in [1.807, 2.05) is 45.2 Å². The number of hydrogen-bond donors (Lipinski definition) is 1. The van der Waals surface area contributed by atoms with Gasteiger partial charge in [0.2, 0.25) is 0 Å². The minimum absolute atomic E-state index is 0.510. The fourth-order valence-electron chi connectivity index (χ4n) is 2.24. The van der Waals surface area contributed by atoms with Gasteiger partial charge in [0.05, 0.1) is 16.4 Å². The normalized spacial score (nSPS) is 14.4. The van der Waals surface area contributed by atoms with E-state index in [4.69, 9.17) is 17.3 Å². The van der Waals surface area contributed by atoms with E-state index in [2.05, 4.69) is 21.0 Å². The molecular formula is C14H17BrClN3. The zero-order chi connectivity index (χ0) is 14.2. The van der Waals surface area contributed by atoms with E-state index in [9.17, 15) is 0 Å². The predicted octanol–water partition coefficient (Wildman–Crippen LogP) is 3.56. The van der Waals surface area contributed by atoms with E-state index in [0.717, 1.165) is 21.4 Å². The molecule has 0 spiro atoms. The standard InChI is InChI=1S/C14H17BrClN3/c1-9-13(16)12(19(3)18-9)8-14(2,17)10-6-4-5-7-11(10)15/h4-7H,8,17H2,1-3H3. The van der Waals surface area contributed by atoms with Crippen molar-refractivity contribution in [1.82, 2.24) is 9.78 Å². The molecule has 1 aromatic carbocycles. The molecule has 0 aliphatic heterocycles. The molecule has 0 saturated heterocycles. The summed E-state index contributed by atoms with van der Waals surface area (Å²) in [6.07, 6.45) is 0.631. The molecule has 19 heavy (non-hydrogen) atoms. The molecule has 0 fully saturated rings. The third kappa shape index (κ3) is 2.86. The van der Waals surface area contributed by atoms with E-state index >= 15 is 0 Å². The molecule has 2 aromatic rings. The van der Waals surface area contributed by atoms with Crippen LogP contribution in [-0.4, -0.2) is 9.78 Å². The molecule has 0 amide bonds. The maximum atomic E-state index is 6.49. The summed E-state index contributed by atoms with van der Waals surface area (Å²) < 4.78 is 2.81. The molecule has 3 nitrogen and oxygen atoms in total. The second kappa shape index (κ2) is 5.27. The van der Waals surface area contributed by atoms with Crippen LogP contribution >= 0.6 is 27.5 Å². The highest BCUT2D eigenvalue weighted by atomic mass is 79.9. The first-order valence-corrected chi connectivity index (χ1v) is 7.22. The van der Waals surface area contributed by atoms with E-state index in [-0.39, 0.29) is 0 Å². The Hall–Kier alpha value is -0.840. The van der Waals surface area contributed by atoms with E-state index in [1.54, 1.807) is 4.68 Å². The molecular weight excluding hydrogens is 326 g/mol. The predicted molar refractivity (Wildman–Crippen MR) is 82.3 cm³/mol. The summed E-state index contributed by atoms with van der Waals surface area (Å²) in [5.41, 5.74) is 8.83. The number of halogens is 2. The molecule has 5 heteroatoms. The van der Waals surface area contributed by atoms with Crippen LogP contribution in [0.25, 0.3) is 0 Å². The lowest BCUT2D eigenvalue weighted by Crippen LogP contribution is -2.36. The quantitative estimate of drug-likeness (QED) is 0.927. The SMILES string of the molecule is Cc1nn(C)c(CC(C)(N)c2ccccc2Br)c1Cl. The number of nitrogens with zero attached hydrogens (tertiary/aromatic N) is 2. The Labute approximate surface area is 126 Å². The van der Waals surface area contributed by atoms with Gasteiger partial charge in [-0.15, -0.1) is 0 Å². The van der Waals surface area contributed by atoms with Gasteiger partial charge in [0.15, 0.2) is 0 Å². The van der Waals surface area contributed by atoms with Gasteiger partial charge in [-0.05, 0) is 25.5 Å². The Morgan fingerprint density at radius 1 is 1.42 bits per heavy atom. The van der Waals surface area contributed by atoms with Crippen molar-refractivity contribution in [1.29, 1.82) is 0 Å². The van der Waals surface area contributed by atoms with Crippen LogP contribution in [0, 0.1) is 6.92 Å². The van der Waals surface area contributed by atoms with Crippen LogP contribution in [0.3, 0.4) is 0 Å². The minimum atomic E-state index is -0.510. The van der Waals surface area contributed by atoms with Crippen LogP contribution < -0.4 is 5.73 Å². The maximum absolute atomic E-state index is 6.49. The van der Waals surface area contributed by atoms with Gasteiger partial charge in [0.1, 0.15) is 0 Å². The fraction of sp³-hybridized carbons (Fsp3) is 0.357. The lowest BCUT2D eigenvalue weighted by atomic mass is 9.88. The highest BCUT2D eigenvalue weighted by molar-refractivity contribution is 9.10. The van der Waals surface area contributed by atoms with Crippen molar-refractivity contribution in [3.05, 3.63) is 50.7 Å². The molecule has 2 rings (SSSR count). The van der Waals surface area contributed by atoms with Crippen LogP contribution in [0.5, 0.6) is 0 Å². The van der Waals surface area contributed by atoms with Crippen molar-refractivity contribution in [3.63, 3.8) is 0 Å². The number of nitrogens with two attached hydrogens (primary N) is 1. The molecule has 1 unspecified atom stereocenters. The van der Waals surface area contributed by atoms with E-state index < -0.39 is 5.54 Å². The first-order chi connectivity index (χ1) is 8.83. The summed E-state index contributed by atoms with van der Waals surface area (Å²) in [6, 6.07) is 7.99. The number of aryl methyl sites for hydroxylation is 2. The molecule has 2 N–H and O–H groups in total. The van der Waals surface area contributed by atoms with Gasteiger partial charge in [0.25, 0.3) is 0 Å². The van der Waals surface area contributed by atoms with Crippen molar-refractivity contribution in [2.45, 2.75) is 25.8 Å². The third-order valence-electron chi connectivity index (χ3n) is 3.29. The van der Waals surface area contributed by atoms with Crippen LogP contribution in [0.4, 0.5) is 0 Å². The van der Waals surface area contributed by atoms with Gasteiger partial charge >= 0.3 is 0 Å². The average molecular weight is 343 g/mol. The van der Waals surface area contributed by atoms with Gasteiger partial charge in [-0.2, -0.15) is 5.10 Å². The van der Waals surface area contributed by atoms with Crippen molar-refractivity contribution in [2.24, 2.45) is 12.8 Å². The molecule has 0 aliphatic rings. The van der Waals surface area contributed by atoms with Crippen molar-refractivity contribution < 1.29 is 0 Å². The summed E-state index contributed by atoms with van der Waals surface area (Å²) in [6.45, 7) is 3.91. The summed E-state index contributed by atoms with van der Waals surface area (Å²) >= 11 is 9.85. The lowest BCUT2D eigenvalue weighted by molar-refractivity contribution is 0.470. The molecule has 102 valence electrons. The Balaban J connectivity index is 2.39. The van der Waals surface area contributed by atoms with Gasteiger partial charge in [-0.1, -0.05) is 45.7 Å². The first kappa shape index (κ1) is 14.6. The summed E-state index contributed by atoms with van der Waals surface area (Å²) in [4.78, 5) is 0. The average Bonchev–Trinajstić information content (AvgIpc) is 2.56. The van der Waals surface area contributed by atoms with Crippen LogP contribution in [0.2, 0.25) is 5.02 Å². The Morgan fingerprint density at radius 2 is 2.05 bits per heavy atom. The summed E-state index contributed by atoms with van der Waals surface area (Å²) in [7, 11) is 1.89. The molecule has 0 saturated carbocycles. The lowest BCUT2D eigenvalue weighted by Gasteiger charge is -2.26. The first-order valence-electron chi connectivity index (χ1n) is 6.05. The summed E-state index contributed by atoms with van der Waals surface area (Å²) in [5, 5.41) is 5.03. The van der Waals surface area contributed by atoms with Crippen molar-refractivity contribution >= 4 is 27.5 Å². The highest BCUT2D eigenvalue weighted by Gasteiger charge is 2.27. The summed E-state index contributed by atoms with van der Waals surface area (Å²) in [5.74, 6) is 0. The molecule has 1 aromatic heterocycles. The van der Waals surface area contributed by atoms with Crippen LogP contribution in [0.15, 0.2) is 28.7 Å². The maximum Gasteiger partial charge on any atom is 0.0847 e. The number of rotatable bonds is 3. The van der Waals surface area contributed by atoms with Crippen LogP contribution in [-0.2, 0) is 19.0 Å². The Bertz CT molecular complexity index is 605. The number of benzene rings is 1. The topological polar surface area (TPSA) is 43.8 Å². The largest absolute Gasteiger partial charge is 0.321 e. The second-order valence-electron chi connectivity index (χ2n) is 5.04. The molecule has 0 bridgehead atoms. The van der Waals surface area contributed by atoms with Crippen molar-refractivity contribution in [2.75, 3.05) is 0 Å². The van der Waals surface area contributed by atoms with E-state index in [0.29, 0.717) is 11.4 Å². The van der Waals surface area contributed by atoms with Gasteiger partial charge in [-0.3, -0.25) is 4.68 Å². The zero-order valence-corrected chi connectivity index (χ0v) is 13.6. The Kier molecular flexibility index (Phi) is 4.04. The monoisotopic (exact) mass is 341 g/mol. The highest BCUT2D eigenvalue weighted by Crippen LogP contribution is 2.31. The van der Waals surface area contributed by atoms with Gasteiger partial charge < -0.3 is 5.73 Å². The van der Waals surface area contributed by atoms with Crippen LogP contribution in [0.1, 0.15) is 23.9 Å².